The molecule has 4 rings (SSSR count). The van der Waals surface area contributed by atoms with E-state index in [0.29, 0.717) is 30.6 Å². The molecule has 0 spiro atoms. The molecule has 2 aliphatic rings. The zero-order valence-corrected chi connectivity index (χ0v) is 20.2. The third-order valence-electron chi connectivity index (χ3n) is 6.67. The lowest BCUT2D eigenvalue weighted by Gasteiger charge is -2.22. The van der Waals surface area contributed by atoms with E-state index in [2.05, 4.69) is 34.5 Å². The molecule has 0 radical (unpaired) electrons. The fourth-order valence-corrected chi connectivity index (χ4v) is 4.74. The maximum absolute atomic E-state index is 13.1. The molecular formula is C28H36N2O3. The van der Waals surface area contributed by atoms with Gasteiger partial charge < -0.3 is 19.7 Å². The van der Waals surface area contributed by atoms with E-state index in [4.69, 9.17) is 9.47 Å². The molecule has 5 heteroatoms. The van der Waals surface area contributed by atoms with Gasteiger partial charge in [0.1, 0.15) is 0 Å². The van der Waals surface area contributed by atoms with Gasteiger partial charge in [-0.1, -0.05) is 31.4 Å². The van der Waals surface area contributed by atoms with Gasteiger partial charge in [0, 0.05) is 43.4 Å². The third-order valence-corrected chi connectivity index (χ3v) is 6.67. The first kappa shape index (κ1) is 23.4. The molecule has 0 aromatic heterocycles. The summed E-state index contributed by atoms with van der Waals surface area (Å²) in [6.07, 6.45) is 10.2. The van der Waals surface area contributed by atoms with Crippen molar-refractivity contribution in [2.45, 2.75) is 51.0 Å². The highest BCUT2D eigenvalue weighted by molar-refractivity contribution is 6.15. The number of hydrogen-bond donors (Lipinski definition) is 1. The molecule has 2 aliphatic carbocycles. The number of rotatable bonds is 9. The molecule has 176 valence electrons. The number of fused-ring (bicyclic) bond motifs is 1. The van der Waals surface area contributed by atoms with Crippen molar-refractivity contribution in [1.29, 1.82) is 0 Å². The molecule has 0 bridgehead atoms. The molecule has 0 amide bonds. The van der Waals surface area contributed by atoms with E-state index >= 15 is 0 Å². The Balaban J connectivity index is 1.38. The van der Waals surface area contributed by atoms with Crippen LogP contribution in [0.25, 0.3) is 6.08 Å². The van der Waals surface area contributed by atoms with E-state index in [-0.39, 0.29) is 5.78 Å². The van der Waals surface area contributed by atoms with Gasteiger partial charge in [-0.15, -0.1) is 0 Å². The summed E-state index contributed by atoms with van der Waals surface area (Å²) in [5, 5.41) is 3.65. The number of benzene rings is 2. The second kappa shape index (κ2) is 10.9. The van der Waals surface area contributed by atoms with Crippen LogP contribution in [0.1, 0.15) is 60.0 Å². The second-order valence-corrected chi connectivity index (χ2v) is 9.31. The van der Waals surface area contributed by atoms with Crippen LogP contribution in [-0.4, -0.2) is 46.2 Å². The lowest BCUT2D eigenvalue weighted by atomic mass is 9.95. The molecular weight excluding hydrogens is 412 g/mol. The van der Waals surface area contributed by atoms with Crippen molar-refractivity contribution in [2.75, 3.05) is 39.3 Å². The van der Waals surface area contributed by atoms with E-state index in [1.54, 1.807) is 7.11 Å². The molecule has 0 heterocycles. The molecule has 0 saturated heterocycles. The minimum absolute atomic E-state index is 0.0770. The average Bonchev–Trinajstić information content (AvgIpc) is 3.13. The minimum Gasteiger partial charge on any atom is -0.493 e. The van der Waals surface area contributed by atoms with Gasteiger partial charge in [0.2, 0.25) is 0 Å². The Kier molecular flexibility index (Phi) is 7.71. The first-order chi connectivity index (χ1) is 16.0. The predicted molar refractivity (Wildman–Crippen MR) is 135 cm³/mol. The Hall–Kier alpha value is -2.79. The lowest BCUT2D eigenvalue weighted by molar-refractivity contribution is 0.104. The summed E-state index contributed by atoms with van der Waals surface area (Å²) in [5.74, 6) is 1.42. The van der Waals surface area contributed by atoms with E-state index < -0.39 is 0 Å². The fraction of sp³-hybridized carbons (Fsp3) is 0.464. The second-order valence-electron chi connectivity index (χ2n) is 9.31. The number of nitrogens with zero attached hydrogens (tertiary/aromatic N) is 1. The Labute approximate surface area is 197 Å². The van der Waals surface area contributed by atoms with Crippen LogP contribution >= 0.6 is 0 Å². The maximum atomic E-state index is 13.1. The molecule has 2 aromatic rings. The van der Waals surface area contributed by atoms with Gasteiger partial charge >= 0.3 is 0 Å². The lowest BCUT2D eigenvalue weighted by Crippen LogP contribution is -2.32. The monoisotopic (exact) mass is 448 g/mol. The molecule has 33 heavy (non-hydrogen) atoms. The number of hydrogen-bond acceptors (Lipinski definition) is 5. The highest BCUT2D eigenvalue weighted by atomic mass is 16.5. The van der Waals surface area contributed by atoms with Crippen LogP contribution in [0.5, 0.6) is 11.5 Å². The number of nitrogens with one attached hydrogen (secondary N) is 1. The van der Waals surface area contributed by atoms with Gasteiger partial charge in [-0.2, -0.15) is 0 Å². The number of anilines is 1. The van der Waals surface area contributed by atoms with E-state index in [1.165, 1.54) is 32.1 Å². The Bertz CT molecular complexity index is 989. The number of carbonyl (C=O) groups is 1. The van der Waals surface area contributed by atoms with Crippen LogP contribution in [0.3, 0.4) is 0 Å². The zero-order chi connectivity index (χ0) is 23.2. The largest absolute Gasteiger partial charge is 0.493 e. The predicted octanol–water partition coefficient (Wildman–Crippen LogP) is 5.27. The minimum atomic E-state index is 0.0770. The Morgan fingerprint density at radius 1 is 1.06 bits per heavy atom. The highest BCUT2D eigenvalue weighted by Crippen LogP contribution is 2.37. The zero-order valence-electron chi connectivity index (χ0n) is 20.2. The molecule has 1 fully saturated rings. The maximum Gasteiger partial charge on any atom is 0.189 e. The first-order valence-corrected chi connectivity index (χ1v) is 12.1. The Morgan fingerprint density at radius 2 is 1.82 bits per heavy atom. The van der Waals surface area contributed by atoms with Crippen LogP contribution in [-0.2, 0) is 6.42 Å². The van der Waals surface area contributed by atoms with Crippen molar-refractivity contribution >= 4 is 17.5 Å². The number of methoxy groups -OCH3 is 1. The fourth-order valence-electron chi connectivity index (χ4n) is 4.74. The summed E-state index contributed by atoms with van der Waals surface area (Å²) in [5.41, 5.74) is 4.70. The number of ketones is 1. The van der Waals surface area contributed by atoms with Crippen molar-refractivity contribution in [2.24, 2.45) is 0 Å². The summed E-state index contributed by atoms with van der Waals surface area (Å²) in [6.45, 7) is 1.56. The molecule has 0 unspecified atom stereocenters. The SMILES string of the molecule is COc1cc2c(cc1OCCCNC1CCCCC1)C(=O)/C(=C/c1ccc(N(C)C)cc1)C2. The number of ether oxygens (including phenoxy) is 2. The van der Waals surface area contributed by atoms with Gasteiger partial charge in [0.05, 0.1) is 13.7 Å². The summed E-state index contributed by atoms with van der Waals surface area (Å²) in [4.78, 5) is 15.2. The van der Waals surface area contributed by atoms with Crippen molar-refractivity contribution in [3.05, 3.63) is 58.7 Å². The van der Waals surface area contributed by atoms with Gasteiger partial charge in [0.15, 0.2) is 17.3 Å². The van der Waals surface area contributed by atoms with E-state index in [9.17, 15) is 4.79 Å². The molecule has 2 aromatic carbocycles. The molecule has 1 N–H and O–H groups in total. The quantitative estimate of drug-likeness (QED) is 0.418. The van der Waals surface area contributed by atoms with Crippen LogP contribution < -0.4 is 19.7 Å². The molecule has 1 saturated carbocycles. The first-order valence-electron chi connectivity index (χ1n) is 12.1. The molecule has 0 atom stereocenters. The van der Waals surface area contributed by atoms with Gasteiger partial charge in [-0.25, -0.2) is 0 Å². The third kappa shape index (κ3) is 5.77. The van der Waals surface area contributed by atoms with Crippen LogP contribution in [0, 0.1) is 0 Å². The molecule has 5 nitrogen and oxygen atoms in total. The van der Waals surface area contributed by atoms with E-state index in [0.717, 1.165) is 40.9 Å². The smallest absolute Gasteiger partial charge is 0.189 e. The van der Waals surface area contributed by atoms with Crippen LogP contribution in [0.2, 0.25) is 0 Å². The number of allylic oxidation sites excluding steroid dienone is 1. The van der Waals surface area contributed by atoms with Gasteiger partial charge in [-0.3, -0.25) is 4.79 Å². The van der Waals surface area contributed by atoms with Gasteiger partial charge in [-0.05, 0) is 67.3 Å². The van der Waals surface area contributed by atoms with Gasteiger partial charge in [0.25, 0.3) is 0 Å². The summed E-state index contributed by atoms with van der Waals surface area (Å²) in [7, 11) is 5.69. The highest BCUT2D eigenvalue weighted by Gasteiger charge is 2.27. The van der Waals surface area contributed by atoms with E-state index in [1.807, 2.05) is 32.3 Å². The van der Waals surface area contributed by atoms with Crippen molar-refractivity contribution in [1.82, 2.24) is 5.32 Å². The number of Topliss-reactive ketones (excluding diaryl/α,β-unsaturated/α-hetero) is 1. The summed E-state index contributed by atoms with van der Waals surface area (Å²) in [6, 6.07) is 12.7. The van der Waals surface area contributed by atoms with Crippen molar-refractivity contribution < 1.29 is 14.3 Å². The summed E-state index contributed by atoms with van der Waals surface area (Å²) < 4.78 is 11.6. The van der Waals surface area contributed by atoms with Crippen molar-refractivity contribution in [3.63, 3.8) is 0 Å². The molecule has 0 aliphatic heterocycles. The van der Waals surface area contributed by atoms with Crippen molar-refractivity contribution in [3.8, 4) is 11.5 Å². The standard InChI is InChI=1S/C28H36N2O3/c1-30(2)24-12-10-20(11-13-24)16-22-17-21-18-26(32-3)27(19-25(21)28(22)31)33-15-7-14-29-23-8-5-4-6-9-23/h10-13,16,18-19,23,29H,4-9,14-15,17H2,1-3H3/b22-16+. The van der Waals surface area contributed by atoms with Crippen LogP contribution in [0.4, 0.5) is 5.69 Å². The van der Waals surface area contributed by atoms with Crippen LogP contribution in [0.15, 0.2) is 42.0 Å². The number of carbonyl (C=O) groups excluding carboxylic acids is 1. The topological polar surface area (TPSA) is 50.8 Å². The summed E-state index contributed by atoms with van der Waals surface area (Å²) >= 11 is 0. The normalized spacial score (nSPS) is 17.3. The average molecular weight is 449 g/mol. The Morgan fingerprint density at radius 3 is 2.52 bits per heavy atom.